The molecule has 0 unspecified atom stereocenters. The van der Waals surface area contributed by atoms with Crippen molar-refractivity contribution < 1.29 is 18.7 Å². The van der Waals surface area contributed by atoms with Crippen molar-refractivity contribution in [2.75, 3.05) is 13.7 Å². The Morgan fingerprint density at radius 1 is 1.23 bits per heavy atom. The van der Waals surface area contributed by atoms with Gasteiger partial charge in [-0.3, -0.25) is 9.59 Å². The Hall–Kier alpha value is -2.93. The van der Waals surface area contributed by atoms with Gasteiger partial charge in [-0.1, -0.05) is 11.6 Å². The lowest BCUT2D eigenvalue weighted by Crippen LogP contribution is -2.30. The average Bonchev–Trinajstić information content (AvgIpc) is 3.12. The van der Waals surface area contributed by atoms with E-state index in [4.69, 9.17) is 9.15 Å². The lowest BCUT2D eigenvalue weighted by atomic mass is 10.1. The van der Waals surface area contributed by atoms with E-state index in [1.165, 1.54) is 4.90 Å². The summed E-state index contributed by atoms with van der Waals surface area (Å²) < 4.78 is 10.4. The molecule has 6 nitrogen and oxygen atoms in total. The maximum absolute atomic E-state index is 12.1. The number of rotatable bonds is 5. The normalized spacial score (nSPS) is 10.7. The molecule has 0 aliphatic rings. The summed E-state index contributed by atoms with van der Waals surface area (Å²) in [7, 11) is 1.63. The Kier molecular flexibility index (Phi) is 5.18. The number of thiophene rings is 1. The van der Waals surface area contributed by atoms with Gasteiger partial charge in [0.25, 0.3) is 5.91 Å². The van der Waals surface area contributed by atoms with Crippen LogP contribution in [0.15, 0.2) is 50.3 Å². The predicted molar refractivity (Wildman–Crippen MR) is 98.3 cm³/mol. The molecule has 0 spiro atoms. The number of hydrogen-bond acceptors (Lipinski definition) is 6. The maximum Gasteiger partial charge on any atom is 0.374 e. The van der Waals surface area contributed by atoms with E-state index < -0.39 is 12.6 Å². The van der Waals surface area contributed by atoms with Gasteiger partial charge in [-0.15, -0.1) is 0 Å². The van der Waals surface area contributed by atoms with Crippen molar-refractivity contribution in [2.45, 2.75) is 13.5 Å². The topological polar surface area (TPSA) is 76.8 Å². The molecule has 0 N–H and O–H groups in total. The molecule has 0 saturated carbocycles. The number of esters is 1. The minimum absolute atomic E-state index is 0.223. The molecule has 1 amide bonds. The van der Waals surface area contributed by atoms with Crippen LogP contribution in [0.25, 0.3) is 11.0 Å². The first kappa shape index (κ1) is 17.9. The smallest absolute Gasteiger partial charge is 0.374 e. The van der Waals surface area contributed by atoms with Crippen molar-refractivity contribution in [3.8, 4) is 0 Å². The van der Waals surface area contributed by atoms with E-state index in [2.05, 4.69) is 0 Å². The number of carbonyl (C=O) groups is 2. The lowest BCUT2D eigenvalue weighted by molar-refractivity contribution is -0.133. The van der Waals surface area contributed by atoms with Gasteiger partial charge in [-0.05, 0) is 41.4 Å². The van der Waals surface area contributed by atoms with E-state index in [-0.39, 0.29) is 17.1 Å². The monoisotopic (exact) mass is 371 g/mol. The summed E-state index contributed by atoms with van der Waals surface area (Å²) in [6.07, 6.45) is 0. The van der Waals surface area contributed by atoms with Gasteiger partial charge in [-0.2, -0.15) is 11.3 Å². The Balaban J connectivity index is 1.66. The van der Waals surface area contributed by atoms with Gasteiger partial charge in [-0.25, -0.2) is 4.79 Å². The number of aryl methyl sites for hydroxylation is 1. The van der Waals surface area contributed by atoms with Crippen LogP contribution in [0.3, 0.4) is 0 Å². The molecule has 26 heavy (non-hydrogen) atoms. The van der Waals surface area contributed by atoms with E-state index in [0.717, 1.165) is 17.2 Å². The van der Waals surface area contributed by atoms with Crippen LogP contribution >= 0.6 is 11.3 Å². The third-order valence-corrected chi connectivity index (χ3v) is 4.57. The third kappa shape index (κ3) is 4.00. The van der Waals surface area contributed by atoms with Crippen LogP contribution in [0, 0.1) is 6.92 Å². The van der Waals surface area contributed by atoms with E-state index >= 15 is 0 Å². The fourth-order valence-corrected chi connectivity index (χ4v) is 3.08. The minimum atomic E-state index is -0.846. The zero-order valence-electron chi connectivity index (χ0n) is 14.4. The highest BCUT2D eigenvalue weighted by molar-refractivity contribution is 7.07. The lowest BCUT2D eigenvalue weighted by Gasteiger charge is -2.16. The number of benzene rings is 1. The molecule has 0 bridgehead atoms. The van der Waals surface area contributed by atoms with Crippen molar-refractivity contribution in [3.63, 3.8) is 0 Å². The van der Waals surface area contributed by atoms with Crippen LogP contribution in [0.5, 0.6) is 0 Å². The second-order valence-corrected chi connectivity index (χ2v) is 6.71. The van der Waals surface area contributed by atoms with Gasteiger partial charge in [0.2, 0.25) is 5.76 Å². The zero-order chi connectivity index (χ0) is 18.7. The molecule has 0 saturated heterocycles. The van der Waals surface area contributed by atoms with Crippen molar-refractivity contribution in [1.82, 2.24) is 4.90 Å². The number of likely N-dealkylation sites (N-methyl/N-ethyl adjacent to an activating group) is 1. The summed E-state index contributed by atoms with van der Waals surface area (Å²) in [5, 5.41) is 4.27. The summed E-state index contributed by atoms with van der Waals surface area (Å²) in [5.41, 5.74) is 1.89. The van der Waals surface area contributed by atoms with Gasteiger partial charge in [0.1, 0.15) is 5.58 Å². The van der Waals surface area contributed by atoms with Crippen molar-refractivity contribution in [2.24, 2.45) is 0 Å². The molecular formula is C19H17NO5S. The first-order valence-corrected chi connectivity index (χ1v) is 8.85. The van der Waals surface area contributed by atoms with E-state index in [1.54, 1.807) is 36.6 Å². The fraction of sp³-hybridized carbons (Fsp3) is 0.211. The summed E-state index contributed by atoms with van der Waals surface area (Å²) in [6.45, 7) is 1.87. The molecule has 0 aliphatic carbocycles. The third-order valence-electron chi connectivity index (χ3n) is 3.84. The number of carbonyl (C=O) groups excluding carboxylic acids is 2. The summed E-state index contributed by atoms with van der Waals surface area (Å²) in [6, 6.07) is 8.11. The van der Waals surface area contributed by atoms with E-state index in [0.29, 0.717) is 17.5 Å². The number of hydrogen-bond donors (Lipinski definition) is 0. The molecule has 1 aromatic carbocycles. The maximum atomic E-state index is 12.1. The standard InChI is InChI=1S/C19H17NO5S/c1-12-3-4-16-14(7-12)15(21)8-17(25-16)19(23)24-10-18(22)20(2)9-13-5-6-26-11-13/h3-8,11H,9-10H2,1-2H3. The highest BCUT2D eigenvalue weighted by Crippen LogP contribution is 2.15. The molecule has 0 fully saturated rings. The Labute approximate surface area is 153 Å². The van der Waals surface area contributed by atoms with Crippen LogP contribution in [0.2, 0.25) is 0 Å². The summed E-state index contributed by atoms with van der Waals surface area (Å²) in [4.78, 5) is 37.8. The van der Waals surface area contributed by atoms with Crippen molar-refractivity contribution in [3.05, 3.63) is 68.2 Å². The number of ether oxygens (including phenoxy) is 1. The number of amides is 1. The van der Waals surface area contributed by atoms with Gasteiger partial charge in [0, 0.05) is 19.7 Å². The Morgan fingerprint density at radius 3 is 2.77 bits per heavy atom. The van der Waals surface area contributed by atoms with Gasteiger partial charge in [0.05, 0.1) is 5.39 Å². The molecule has 2 heterocycles. The highest BCUT2D eigenvalue weighted by Gasteiger charge is 2.17. The molecule has 2 aromatic heterocycles. The van der Waals surface area contributed by atoms with Gasteiger partial charge >= 0.3 is 5.97 Å². The summed E-state index contributed by atoms with van der Waals surface area (Å²) >= 11 is 1.55. The largest absolute Gasteiger partial charge is 0.450 e. The molecule has 7 heteroatoms. The SMILES string of the molecule is Cc1ccc2oc(C(=O)OCC(=O)N(C)Cc3ccsc3)cc(=O)c2c1. The molecule has 3 rings (SSSR count). The van der Waals surface area contributed by atoms with Crippen LogP contribution in [-0.2, 0) is 16.1 Å². The quantitative estimate of drug-likeness (QED) is 0.645. The average molecular weight is 371 g/mol. The van der Waals surface area contributed by atoms with Crippen LogP contribution < -0.4 is 5.43 Å². The molecular weight excluding hydrogens is 354 g/mol. The zero-order valence-corrected chi connectivity index (χ0v) is 15.2. The van der Waals surface area contributed by atoms with Crippen molar-refractivity contribution >= 4 is 34.2 Å². The van der Waals surface area contributed by atoms with Crippen LogP contribution in [0.4, 0.5) is 0 Å². The summed E-state index contributed by atoms with van der Waals surface area (Å²) in [5.74, 6) is -1.41. The molecule has 134 valence electrons. The second kappa shape index (κ2) is 7.53. The highest BCUT2D eigenvalue weighted by atomic mass is 32.1. The Bertz CT molecular complexity index is 1010. The first-order chi connectivity index (χ1) is 12.4. The second-order valence-electron chi connectivity index (χ2n) is 5.93. The van der Waals surface area contributed by atoms with Gasteiger partial charge < -0.3 is 14.1 Å². The first-order valence-electron chi connectivity index (χ1n) is 7.91. The van der Waals surface area contributed by atoms with Crippen molar-refractivity contribution in [1.29, 1.82) is 0 Å². The van der Waals surface area contributed by atoms with Crippen LogP contribution in [0.1, 0.15) is 21.7 Å². The Morgan fingerprint density at radius 2 is 2.04 bits per heavy atom. The molecule has 0 radical (unpaired) electrons. The molecule has 3 aromatic rings. The fourth-order valence-electron chi connectivity index (χ4n) is 2.42. The molecule has 0 aliphatic heterocycles. The van der Waals surface area contributed by atoms with Crippen LogP contribution in [-0.4, -0.2) is 30.4 Å². The number of nitrogens with zero attached hydrogens (tertiary/aromatic N) is 1. The van der Waals surface area contributed by atoms with E-state index in [9.17, 15) is 14.4 Å². The minimum Gasteiger partial charge on any atom is -0.450 e. The van der Waals surface area contributed by atoms with E-state index in [1.807, 2.05) is 23.8 Å². The predicted octanol–water partition coefficient (Wildman–Crippen LogP) is 2.98. The molecule has 0 atom stereocenters. The van der Waals surface area contributed by atoms with Gasteiger partial charge in [0.15, 0.2) is 12.0 Å². The number of fused-ring (bicyclic) bond motifs is 1.